The average molecular weight is 1210 g/mol. The number of carbonyl (C=O) groups excluding carboxylic acids is 2. The molecule has 468 valence electrons. The number of urea groups is 1. The van der Waals surface area contributed by atoms with Crippen molar-refractivity contribution in [2.75, 3.05) is 26.7 Å². The van der Waals surface area contributed by atoms with Crippen LogP contribution in [-0.2, 0) is 24.8 Å². The number of isocyanates is 1. The molecule has 2 aromatic carbocycles. The van der Waals surface area contributed by atoms with Crippen LogP contribution in [0.4, 0.5) is 4.79 Å². The highest BCUT2D eigenvalue weighted by Crippen LogP contribution is 2.71. The van der Waals surface area contributed by atoms with E-state index in [1.165, 1.54) is 81.3 Å². The number of rotatable bonds is 11. The molecule has 0 unspecified atom stereocenters. The zero-order valence-electron chi connectivity index (χ0n) is 51.3. The Labute approximate surface area is 500 Å². The van der Waals surface area contributed by atoms with Gasteiger partial charge < -0.3 is 39.6 Å². The Balaban J connectivity index is 0.000000160. The van der Waals surface area contributed by atoms with Crippen molar-refractivity contribution in [1.29, 1.82) is 0 Å². The maximum atomic E-state index is 12.8. The Morgan fingerprint density at radius 2 is 1.11 bits per heavy atom. The van der Waals surface area contributed by atoms with Gasteiger partial charge in [-0.15, -0.1) is 0 Å². The molecule has 84 heavy (non-hydrogen) atoms. The number of hydrogen-bond donors (Lipinski definition) is 6. The lowest BCUT2D eigenvalue weighted by atomic mass is 9.41. The van der Waals surface area contributed by atoms with Crippen molar-refractivity contribution in [3.63, 3.8) is 0 Å². The number of nitrogens with one attached hydrogen (secondary N) is 2. The highest BCUT2D eigenvalue weighted by Gasteiger charge is 2.67. The second-order valence-corrected chi connectivity index (χ2v) is 32.2. The first-order valence-corrected chi connectivity index (χ1v) is 35.0. The Bertz CT molecular complexity index is 3000. The number of carbonyl (C=O) groups is 1. The van der Waals surface area contributed by atoms with E-state index in [4.69, 9.17) is 24.1 Å². The van der Waals surface area contributed by atoms with Crippen LogP contribution in [0.5, 0.6) is 23.0 Å². The van der Waals surface area contributed by atoms with Crippen LogP contribution in [-0.4, -0.2) is 89.3 Å². The lowest BCUT2D eigenvalue weighted by Gasteiger charge is -2.65. The normalized spacial score (nSPS) is 41.1. The van der Waals surface area contributed by atoms with Gasteiger partial charge in [-0.2, -0.15) is 0 Å². The summed E-state index contributed by atoms with van der Waals surface area (Å²) in [7, 11) is -7.73. The molecule has 19 heteroatoms. The molecule has 0 spiro atoms. The summed E-state index contributed by atoms with van der Waals surface area (Å²) in [5.74, 6) is 8.91. The van der Waals surface area contributed by atoms with E-state index < -0.39 is 26.1 Å². The summed E-state index contributed by atoms with van der Waals surface area (Å²) < 4.78 is 70.2. The molecule has 2 aliphatic heterocycles. The second-order valence-electron chi connectivity index (χ2n) is 29.0. The second kappa shape index (κ2) is 24.2. The number of benzene rings is 2. The van der Waals surface area contributed by atoms with Crippen molar-refractivity contribution in [3.05, 3.63) is 36.4 Å². The molecule has 8 saturated carbocycles. The van der Waals surface area contributed by atoms with E-state index in [9.17, 15) is 41.7 Å². The zero-order chi connectivity index (χ0) is 60.5. The predicted octanol–water partition coefficient (Wildman–Crippen LogP) is 10.6. The van der Waals surface area contributed by atoms with Crippen LogP contribution in [0.2, 0.25) is 0 Å². The fourth-order valence-electron chi connectivity index (χ4n) is 21.1. The predicted molar refractivity (Wildman–Crippen MR) is 318 cm³/mol. The minimum atomic E-state index is -4.07. The average Bonchev–Trinajstić information content (AvgIpc) is 1.27. The first kappa shape index (κ1) is 63.1. The molecule has 10 aliphatic rings. The summed E-state index contributed by atoms with van der Waals surface area (Å²) in [5.41, 5.74) is 0.944. The molecular weight excluding hydrogens is 1110 g/mol. The molecule has 2 amide bonds. The molecule has 0 radical (unpaired) electrons. The third kappa shape index (κ3) is 11.3. The van der Waals surface area contributed by atoms with Crippen LogP contribution in [0.15, 0.2) is 51.2 Å². The molecule has 2 heterocycles. The van der Waals surface area contributed by atoms with Crippen molar-refractivity contribution >= 4 is 32.2 Å². The highest BCUT2D eigenvalue weighted by atomic mass is 32.2. The SMILES string of the molecule is CC[C@H]1[C@@H](O)[C@@H]2[C@H](CC[C@]3(C)[C@@H]([C@H](C)CN=C=O)CC[C@@H]23)[C@@]2(C)CC[C@@H](C)C[C@@H]12.CC[C@H]1[C@@H](O)[C@@H]2[C@H](CC[C@]3(C)[C@@H]([C@H](C)CNC(=O)NS(=O)(=O)c4ccc5c(c4)OCO5)CC[C@@H]23)[C@@]2(C)CC[C@@H](O)C[C@@H]12.NS(=O)(=O)c1ccc2c(c1)OCO2. The summed E-state index contributed by atoms with van der Waals surface area (Å²) in [4.78, 5) is 27.3. The van der Waals surface area contributed by atoms with Crippen molar-refractivity contribution in [2.45, 2.75) is 193 Å². The molecule has 8 aliphatic carbocycles. The van der Waals surface area contributed by atoms with Crippen LogP contribution < -0.4 is 34.1 Å². The molecule has 8 fully saturated rings. The quantitative estimate of drug-likeness (QED) is 0.0904. The third-order valence-corrected chi connectivity index (χ3v) is 27.4. The van der Waals surface area contributed by atoms with Crippen LogP contribution in [0.1, 0.15) is 165 Å². The summed E-state index contributed by atoms with van der Waals surface area (Å²) in [6.07, 6.45) is 19.3. The minimum absolute atomic E-state index is 0.0248. The smallest absolute Gasteiger partial charge is 0.328 e. The summed E-state index contributed by atoms with van der Waals surface area (Å²) in [6.45, 7) is 22.5. The number of aliphatic hydroxyl groups excluding tert-OH is 3. The topological polar surface area (TPSA) is 262 Å². The molecule has 7 N–H and O–H groups in total. The van der Waals surface area contributed by atoms with E-state index in [1.807, 2.05) is 0 Å². The molecule has 0 aromatic heterocycles. The van der Waals surface area contributed by atoms with Gasteiger partial charge in [-0.05, 0) is 218 Å². The Morgan fingerprint density at radius 1 is 0.643 bits per heavy atom. The number of aliphatic imine (C=N–C) groups is 1. The number of ether oxygens (including phenoxy) is 4. The van der Waals surface area contributed by atoms with E-state index in [1.54, 1.807) is 6.08 Å². The number of nitrogens with zero attached hydrogens (tertiary/aromatic N) is 1. The largest absolute Gasteiger partial charge is 0.454 e. The van der Waals surface area contributed by atoms with Crippen molar-refractivity contribution in [3.8, 4) is 23.0 Å². The number of fused-ring (bicyclic) bond motifs is 12. The lowest BCUT2D eigenvalue weighted by Crippen LogP contribution is -2.62. The monoisotopic (exact) mass is 1210 g/mol. The van der Waals surface area contributed by atoms with Gasteiger partial charge in [0.05, 0.1) is 34.6 Å². The van der Waals surface area contributed by atoms with Crippen molar-refractivity contribution < 1.29 is 60.7 Å². The van der Waals surface area contributed by atoms with E-state index >= 15 is 0 Å². The van der Waals surface area contributed by atoms with E-state index in [-0.39, 0.29) is 70.3 Å². The number of amides is 2. The third-order valence-electron chi connectivity index (χ3n) is 25.2. The molecular formula is C65H98N4O13S2. The molecule has 2 aromatic rings. The lowest BCUT2D eigenvalue weighted by molar-refractivity contribution is -0.203. The van der Waals surface area contributed by atoms with E-state index in [2.05, 4.69) is 77.3 Å². The van der Waals surface area contributed by atoms with E-state index in [0.29, 0.717) is 112 Å². The molecule has 12 rings (SSSR count). The van der Waals surface area contributed by atoms with Gasteiger partial charge in [0.25, 0.3) is 10.0 Å². The Morgan fingerprint density at radius 3 is 1.63 bits per heavy atom. The number of nitrogens with two attached hydrogens (primary N) is 1. The first-order valence-electron chi connectivity index (χ1n) is 31.9. The molecule has 22 atom stereocenters. The fourth-order valence-corrected chi connectivity index (χ4v) is 22.6. The maximum Gasteiger partial charge on any atom is 0.328 e. The Hall–Kier alpha value is -3.97. The number of primary sulfonamides is 1. The van der Waals surface area contributed by atoms with Gasteiger partial charge in [-0.3, -0.25) is 0 Å². The van der Waals surface area contributed by atoms with Gasteiger partial charge in [-0.25, -0.2) is 41.3 Å². The minimum Gasteiger partial charge on any atom is -0.454 e. The van der Waals surface area contributed by atoms with Crippen LogP contribution in [0.3, 0.4) is 0 Å². The number of aliphatic hydroxyl groups is 3. The van der Waals surface area contributed by atoms with Gasteiger partial charge in [-0.1, -0.05) is 81.6 Å². The fraction of sp³-hybridized carbons (Fsp3) is 0.785. The number of hydrogen-bond acceptors (Lipinski definition) is 14. The number of sulfonamides is 2. The van der Waals surface area contributed by atoms with Crippen LogP contribution in [0.25, 0.3) is 0 Å². The van der Waals surface area contributed by atoms with Gasteiger partial charge >= 0.3 is 6.03 Å². The summed E-state index contributed by atoms with van der Waals surface area (Å²) >= 11 is 0. The first-order chi connectivity index (χ1) is 39.7. The standard InChI is InChI=1S/C32H48N2O7S.C26H43NO2.C7H7NO4S/c1-5-21-25-14-19(35)10-12-32(25,4)24-11-13-31(3)22(7-8-23(31)28(24)29(21)36)18(2)16-33-30(37)34-42(38,39)20-6-9-26-27(15-20)41-17-40-26;1-6-18-22-13-16(2)9-11-26(22,5)21-10-12-25(4)19(17(3)14-27-15-28)7-8-20(25)23(21)24(18)29;8-13(9,10)5-1-2-6-7(3-5)12-4-11-6/h6,9,15,18-19,21-25,28-29,35-36H,5,7-8,10-14,16-17H2,1-4H3,(H2,33,34,37);16-24,29H,6-14H2,1-5H3;1-3H,4H2,(H2,8,9,10)/t18-,19-,21-,22-,23+,24+,25+,28+,29-,31-,32-;16-,17-,18-,19-,20+,21+,22+,23+,24-,25-,26-;/m11./s1. The van der Waals surface area contributed by atoms with Crippen LogP contribution >= 0.6 is 0 Å². The molecule has 0 bridgehead atoms. The maximum absolute atomic E-state index is 12.8. The van der Waals surface area contributed by atoms with E-state index in [0.717, 1.165) is 63.7 Å². The summed E-state index contributed by atoms with van der Waals surface area (Å²) in [6, 6.07) is 7.77. The molecule has 0 saturated heterocycles. The molecule has 17 nitrogen and oxygen atoms in total. The van der Waals surface area contributed by atoms with Gasteiger partial charge in [0.2, 0.25) is 29.7 Å². The van der Waals surface area contributed by atoms with Crippen molar-refractivity contribution in [1.82, 2.24) is 10.0 Å². The van der Waals surface area contributed by atoms with Gasteiger partial charge in [0.15, 0.2) is 23.0 Å². The van der Waals surface area contributed by atoms with Gasteiger partial charge in [0, 0.05) is 18.7 Å². The van der Waals surface area contributed by atoms with Gasteiger partial charge in [0.1, 0.15) is 0 Å². The summed E-state index contributed by atoms with van der Waals surface area (Å²) in [5, 5.41) is 41.9. The Kier molecular flexibility index (Phi) is 18.2. The van der Waals surface area contributed by atoms with Crippen molar-refractivity contribution in [2.24, 2.45) is 121 Å². The van der Waals surface area contributed by atoms with Crippen LogP contribution in [0, 0.1) is 110 Å². The highest BCUT2D eigenvalue weighted by molar-refractivity contribution is 7.90. The zero-order valence-corrected chi connectivity index (χ0v) is 52.9.